The topological polar surface area (TPSA) is 41.8 Å². The fourth-order valence-electron chi connectivity index (χ4n) is 0.573. The molecule has 0 atom stereocenters. The van der Waals surface area contributed by atoms with Crippen LogP contribution in [0.3, 0.4) is 0 Å². The summed E-state index contributed by atoms with van der Waals surface area (Å²) in [4.78, 5) is 3.87. The molecule has 0 radical (unpaired) electrons. The van der Waals surface area contributed by atoms with Gasteiger partial charge in [0.1, 0.15) is 11.5 Å². The van der Waals surface area contributed by atoms with Gasteiger partial charge in [0.05, 0.1) is 7.11 Å². The Kier molecular flexibility index (Phi) is 5.35. The lowest BCUT2D eigenvalue weighted by atomic mass is 10.3. The Bertz CT molecular complexity index is 262. The molecular weight excluding hydrogens is 166 g/mol. The molecule has 0 saturated heterocycles. The Morgan fingerprint density at radius 3 is 2.54 bits per heavy atom. The Hall–Kier alpha value is -1.51. The zero-order valence-corrected chi connectivity index (χ0v) is 8.24. The van der Waals surface area contributed by atoms with E-state index >= 15 is 0 Å². The van der Waals surface area contributed by atoms with Crippen LogP contribution in [-0.4, -0.2) is 25.0 Å². The number of nitrogens with zero attached hydrogens (tertiary/aromatic N) is 1. The molecule has 0 saturated carbocycles. The molecule has 0 spiro atoms. The standard InChI is InChI=1S/C10H15NO2/c1-8(11-3)7-10(12)6-5-9(2)13-4/h5-7,12H,2H2,1,3-4H3/b6-5-,10-7-,11-8+. The Morgan fingerprint density at radius 2 is 2.08 bits per heavy atom. The third kappa shape index (κ3) is 5.73. The van der Waals surface area contributed by atoms with E-state index in [1.807, 2.05) is 0 Å². The van der Waals surface area contributed by atoms with E-state index in [4.69, 9.17) is 4.74 Å². The van der Waals surface area contributed by atoms with Crippen molar-refractivity contribution in [3.8, 4) is 0 Å². The van der Waals surface area contributed by atoms with E-state index in [0.717, 1.165) is 5.71 Å². The number of aliphatic imine (C=N–C) groups is 1. The normalized spacial score (nSPS) is 13.5. The Morgan fingerprint density at radius 1 is 1.46 bits per heavy atom. The minimum atomic E-state index is 0.126. The van der Waals surface area contributed by atoms with Crippen molar-refractivity contribution in [2.24, 2.45) is 4.99 Å². The number of ether oxygens (including phenoxy) is 1. The molecule has 0 aromatic carbocycles. The molecule has 0 aromatic heterocycles. The first-order valence-electron chi connectivity index (χ1n) is 3.85. The van der Waals surface area contributed by atoms with Crippen LogP contribution in [0.1, 0.15) is 6.92 Å². The molecule has 0 aromatic rings. The number of aliphatic hydroxyl groups is 1. The summed E-state index contributed by atoms with van der Waals surface area (Å²) in [5.74, 6) is 0.618. The highest BCUT2D eigenvalue weighted by molar-refractivity contribution is 5.93. The van der Waals surface area contributed by atoms with Crippen molar-refractivity contribution in [1.82, 2.24) is 0 Å². The van der Waals surface area contributed by atoms with Gasteiger partial charge in [0.25, 0.3) is 0 Å². The highest BCUT2D eigenvalue weighted by Gasteiger charge is 1.88. The van der Waals surface area contributed by atoms with Crippen LogP contribution in [0.5, 0.6) is 0 Å². The van der Waals surface area contributed by atoms with Crippen LogP contribution in [0, 0.1) is 0 Å². The number of methoxy groups -OCH3 is 1. The number of allylic oxidation sites excluding steroid dienone is 3. The molecule has 0 aliphatic heterocycles. The third-order valence-electron chi connectivity index (χ3n) is 1.41. The van der Waals surface area contributed by atoms with Crippen LogP contribution >= 0.6 is 0 Å². The summed E-state index contributed by atoms with van der Waals surface area (Å²) in [5.41, 5.74) is 0.755. The van der Waals surface area contributed by atoms with Crippen LogP contribution < -0.4 is 0 Å². The van der Waals surface area contributed by atoms with Crippen molar-refractivity contribution in [2.75, 3.05) is 14.2 Å². The van der Waals surface area contributed by atoms with Crippen molar-refractivity contribution < 1.29 is 9.84 Å². The molecule has 0 fully saturated rings. The Labute approximate surface area is 78.8 Å². The van der Waals surface area contributed by atoms with Gasteiger partial charge in [-0.15, -0.1) is 0 Å². The lowest BCUT2D eigenvalue weighted by molar-refractivity contribution is 0.308. The maximum atomic E-state index is 9.29. The van der Waals surface area contributed by atoms with E-state index in [2.05, 4.69) is 11.6 Å². The van der Waals surface area contributed by atoms with Gasteiger partial charge in [-0.2, -0.15) is 0 Å². The zero-order valence-electron chi connectivity index (χ0n) is 8.24. The fraction of sp³-hybridized carbons (Fsp3) is 0.300. The summed E-state index contributed by atoms with van der Waals surface area (Å²) in [7, 11) is 3.18. The summed E-state index contributed by atoms with van der Waals surface area (Å²) < 4.78 is 4.78. The lowest BCUT2D eigenvalue weighted by Gasteiger charge is -1.95. The number of rotatable bonds is 4. The summed E-state index contributed by atoms with van der Waals surface area (Å²) in [6, 6.07) is 0. The van der Waals surface area contributed by atoms with E-state index in [9.17, 15) is 5.11 Å². The summed E-state index contributed by atoms with van der Waals surface area (Å²) >= 11 is 0. The van der Waals surface area contributed by atoms with Crippen molar-refractivity contribution in [1.29, 1.82) is 0 Å². The first-order chi connectivity index (χ1) is 6.10. The van der Waals surface area contributed by atoms with Crippen LogP contribution in [0.25, 0.3) is 0 Å². The van der Waals surface area contributed by atoms with Gasteiger partial charge in [0.2, 0.25) is 0 Å². The van der Waals surface area contributed by atoms with E-state index in [1.165, 1.54) is 13.2 Å². The van der Waals surface area contributed by atoms with Gasteiger partial charge in [-0.25, -0.2) is 0 Å². The minimum Gasteiger partial charge on any atom is -0.508 e. The third-order valence-corrected chi connectivity index (χ3v) is 1.41. The van der Waals surface area contributed by atoms with Crippen molar-refractivity contribution >= 4 is 5.71 Å². The van der Waals surface area contributed by atoms with Crippen LogP contribution in [0.2, 0.25) is 0 Å². The fourth-order valence-corrected chi connectivity index (χ4v) is 0.573. The summed E-state index contributed by atoms with van der Waals surface area (Å²) in [6.45, 7) is 5.37. The molecule has 13 heavy (non-hydrogen) atoms. The maximum Gasteiger partial charge on any atom is 0.117 e. The largest absolute Gasteiger partial charge is 0.508 e. The van der Waals surface area contributed by atoms with E-state index < -0.39 is 0 Å². The molecule has 0 aliphatic carbocycles. The molecule has 0 heterocycles. The van der Waals surface area contributed by atoms with Gasteiger partial charge >= 0.3 is 0 Å². The second-order valence-electron chi connectivity index (χ2n) is 2.44. The summed E-state index contributed by atoms with van der Waals surface area (Å²) in [6.07, 6.45) is 4.63. The van der Waals surface area contributed by atoms with E-state index in [0.29, 0.717) is 5.76 Å². The molecule has 3 heteroatoms. The van der Waals surface area contributed by atoms with Crippen LogP contribution in [0.15, 0.2) is 41.3 Å². The second kappa shape index (κ2) is 6.06. The predicted octanol–water partition coefficient (Wildman–Crippen LogP) is 2.24. The van der Waals surface area contributed by atoms with Crippen molar-refractivity contribution in [3.05, 3.63) is 36.3 Å². The van der Waals surface area contributed by atoms with E-state index in [-0.39, 0.29) is 5.76 Å². The zero-order chi connectivity index (χ0) is 10.3. The molecule has 0 bridgehead atoms. The molecule has 0 rings (SSSR count). The minimum absolute atomic E-state index is 0.126. The van der Waals surface area contributed by atoms with Gasteiger partial charge in [0, 0.05) is 18.8 Å². The van der Waals surface area contributed by atoms with Gasteiger partial charge < -0.3 is 9.84 Å². The highest BCUT2D eigenvalue weighted by atomic mass is 16.5. The smallest absolute Gasteiger partial charge is 0.117 e. The second-order valence-corrected chi connectivity index (χ2v) is 2.44. The van der Waals surface area contributed by atoms with E-state index in [1.54, 1.807) is 26.1 Å². The number of aliphatic hydroxyl groups excluding tert-OH is 1. The predicted molar refractivity (Wildman–Crippen MR) is 55.0 cm³/mol. The monoisotopic (exact) mass is 181 g/mol. The molecular formula is C10H15NO2. The first kappa shape index (κ1) is 11.5. The van der Waals surface area contributed by atoms with Crippen LogP contribution in [-0.2, 0) is 4.74 Å². The molecule has 0 amide bonds. The molecule has 1 N–H and O–H groups in total. The number of hydrogen-bond acceptors (Lipinski definition) is 3. The molecule has 72 valence electrons. The average Bonchev–Trinajstić information content (AvgIpc) is 2.13. The van der Waals surface area contributed by atoms with Gasteiger partial charge in [0.15, 0.2) is 0 Å². The molecule has 0 unspecified atom stereocenters. The van der Waals surface area contributed by atoms with Gasteiger partial charge in [-0.3, -0.25) is 4.99 Å². The van der Waals surface area contributed by atoms with Crippen LogP contribution in [0.4, 0.5) is 0 Å². The lowest BCUT2D eigenvalue weighted by Crippen LogP contribution is -1.87. The van der Waals surface area contributed by atoms with Crippen molar-refractivity contribution in [3.63, 3.8) is 0 Å². The SMILES string of the molecule is C=C(\C=C/C(O)=C/C(C)=N/C)OC. The number of hydrogen-bond donors (Lipinski definition) is 1. The quantitative estimate of drug-likeness (QED) is 0.410. The van der Waals surface area contributed by atoms with Crippen molar-refractivity contribution in [2.45, 2.75) is 6.92 Å². The highest BCUT2D eigenvalue weighted by Crippen LogP contribution is 1.98. The van der Waals surface area contributed by atoms with Gasteiger partial charge in [-0.1, -0.05) is 6.58 Å². The Balaban J connectivity index is 4.30. The summed E-state index contributed by atoms with van der Waals surface area (Å²) in [5, 5.41) is 9.29. The first-order valence-corrected chi connectivity index (χ1v) is 3.85. The molecule has 3 nitrogen and oxygen atoms in total. The molecule has 0 aliphatic rings. The maximum absolute atomic E-state index is 9.29. The van der Waals surface area contributed by atoms with Gasteiger partial charge in [-0.05, 0) is 19.1 Å². The average molecular weight is 181 g/mol.